The van der Waals surface area contributed by atoms with Crippen LogP contribution in [-0.4, -0.2) is 41.7 Å². The lowest BCUT2D eigenvalue weighted by atomic mass is 10.0. The molecule has 4 aromatic heterocycles. The van der Waals surface area contributed by atoms with Gasteiger partial charge in [0.2, 0.25) is 0 Å². The van der Waals surface area contributed by atoms with E-state index in [9.17, 15) is 9.59 Å². The van der Waals surface area contributed by atoms with Crippen LogP contribution in [0.2, 0.25) is 0 Å². The number of aryl methyl sites for hydroxylation is 4. The van der Waals surface area contributed by atoms with E-state index in [0.29, 0.717) is 29.1 Å². The highest BCUT2D eigenvalue weighted by Crippen LogP contribution is 2.31. The SMILES string of the molecule is Cc1ccncc1-c1[nH]c2ccc(CNC(=O)c3cncnc3C)cc2c1C.Cc1ncncc1C(N)=O. The van der Waals surface area contributed by atoms with Crippen LogP contribution in [0, 0.1) is 27.7 Å². The molecule has 0 atom stereocenters. The predicted molar refractivity (Wildman–Crippen MR) is 144 cm³/mol. The van der Waals surface area contributed by atoms with Gasteiger partial charge in [-0.15, -0.1) is 0 Å². The number of hydrogen-bond donors (Lipinski definition) is 3. The molecule has 0 spiro atoms. The largest absolute Gasteiger partial charge is 0.365 e. The van der Waals surface area contributed by atoms with E-state index in [4.69, 9.17) is 5.73 Å². The molecule has 0 saturated carbocycles. The molecule has 1 aromatic carbocycles. The molecule has 0 aliphatic carbocycles. The number of H-pyrrole nitrogens is 1. The van der Waals surface area contributed by atoms with Crippen LogP contribution in [0.1, 0.15) is 48.8 Å². The molecule has 0 unspecified atom stereocenters. The first-order chi connectivity index (χ1) is 18.3. The van der Waals surface area contributed by atoms with Crippen molar-refractivity contribution in [2.45, 2.75) is 34.2 Å². The highest BCUT2D eigenvalue weighted by Gasteiger charge is 2.13. The monoisotopic (exact) mass is 508 g/mol. The molecule has 10 nitrogen and oxygen atoms in total. The Morgan fingerprint density at radius 1 is 0.895 bits per heavy atom. The van der Waals surface area contributed by atoms with Crippen molar-refractivity contribution in [2.75, 3.05) is 0 Å². The molecule has 38 heavy (non-hydrogen) atoms. The van der Waals surface area contributed by atoms with Crippen LogP contribution in [0.4, 0.5) is 0 Å². The maximum atomic E-state index is 12.4. The number of carbonyl (C=O) groups is 2. The number of nitrogens with one attached hydrogen (secondary N) is 2. The second kappa shape index (κ2) is 11.4. The Hall–Kier alpha value is -4.99. The van der Waals surface area contributed by atoms with Gasteiger partial charge in [-0.2, -0.15) is 0 Å². The first-order valence-corrected chi connectivity index (χ1v) is 11.9. The highest BCUT2D eigenvalue weighted by molar-refractivity contribution is 5.95. The molecule has 4 N–H and O–H groups in total. The van der Waals surface area contributed by atoms with Gasteiger partial charge in [0.1, 0.15) is 12.7 Å². The molecule has 0 fully saturated rings. The van der Waals surface area contributed by atoms with Gasteiger partial charge in [0.25, 0.3) is 11.8 Å². The summed E-state index contributed by atoms with van der Waals surface area (Å²) in [5, 5.41) is 4.09. The zero-order chi connectivity index (χ0) is 27.2. The zero-order valence-electron chi connectivity index (χ0n) is 21.6. The number of rotatable bonds is 5. The summed E-state index contributed by atoms with van der Waals surface area (Å²) in [7, 11) is 0. The standard InChI is InChI=1S/C22H21N5O.C6H7N3O/c1-13-6-7-23-10-18(13)21-14(2)17-8-16(4-5-20(17)27-21)9-25-22(28)19-11-24-12-26-15(19)3;1-4-5(6(7)10)2-8-3-9-4/h4-8,10-12,27H,9H2,1-3H3,(H,25,28);2-3H,1H3,(H2,7,10). The Labute approximate surface area is 219 Å². The number of carbonyl (C=O) groups excluding carboxylic acids is 2. The summed E-state index contributed by atoms with van der Waals surface area (Å²) in [6, 6.07) is 8.20. The van der Waals surface area contributed by atoms with Gasteiger partial charge in [0, 0.05) is 47.8 Å². The van der Waals surface area contributed by atoms with Gasteiger partial charge >= 0.3 is 0 Å². The summed E-state index contributed by atoms with van der Waals surface area (Å²) in [4.78, 5) is 46.2. The van der Waals surface area contributed by atoms with Crippen LogP contribution in [0.3, 0.4) is 0 Å². The maximum Gasteiger partial charge on any atom is 0.254 e. The van der Waals surface area contributed by atoms with Gasteiger partial charge in [0.05, 0.1) is 28.2 Å². The highest BCUT2D eigenvalue weighted by atomic mass is 16.2. The molecule has 2 amide bonds. The minimum Gasteiger partial charge on any atom is -0.365 e. The number of nitrogens with two attached hydrogens (primary N) is 1. The second-order valence-corrected chi connectivity index (χ2v) is 8.79. The molecule has 0 aliphatic rings. The summed E-state index contributed by atoms with van der Waals surface area (Å²) in [6.07, 6.45) is 9.46. The fraction of sp³-hybridized carbons (Fsp3) is 0.179. The Morgan fingerprint density at radius 2 is 1.58 bits per heavy atom. The summed E-state index contributed by atoms with van der Waals surface area (Å²) < 4.78 is 0. The fourth-order valence-electron chi connectivity index (χ4n) is 4.00. The van der Waals surface area contributed by atoms with Crippen molar-refractivity contribution in [1.82, 2.24) is 35.2 Å². The van der Waals surface area contributed by atoms with Crippen LogP contribution in [0.15, 0.2) is 61.7 Å². The second-order valence-electron chi connectivity index (χ2n) is 8.79. The first-order valence-electron chi connectivity index (χ1n) is 11.9. The number of fused-ring (bicyclic) bond motifs is 1. The molecule has 10 heteroatoms. The maximum absolute atomic E-state index is 12.4. The lowest BCUT2D eigenvalue weighted by Crippen LogP contribution is -2.24. The van der Waals surface area contributed by atoms with Crippen LogP contribution >= 0.6 is 0 Å². The molecule has 0 bridgehead atoms. The first kappa shape index (κ1) is 26.1. The van der Waals surface area contributed by atoms with Crippen molar-refractivity contribution in [3.8, 4) is 11.3 Å². The molecular formula is C28H28N8O2. The quantitative estimate of drug-likeness (QED) is 0.327. The van der Waals surface area contributed by atoms with Gasteiger partial charge in [0.15, 0.2) is 0 Å². The van der Waals surface area contributed by atoms with Gasteiger partial charge in [-0.1, -0.05) is 6.07 Å². The number of pyridine rings is 1. The van der Waals surface area contributed by atoms with E-state index >= 15 is 0 Å². The van der Waals surface area contributed by atoms with Gasteiger partial charge in [-0.3, -0.25) is 14.6 Å². The summed E-state index contributed by atoms with van der Waals surface area (Å²) >= 11 is 0. The average molecular weight is 509 g/mol. The summed E-state index contributed by atoms with van der Waals surface area (Å²) in [5.74, 6) is -0.659. The van der Waals surface area contributed by atoms with E-state index in [2.05, 4.69) is 61.2 Å². The third-order valence-corrected chi connectivity index (χ3v) is 6.22. The van der Waals surface area contributed by atoms with Crippen molar-refractivity contribution in [1.29, 1.82) is 0 Å². The molecule has 5 aromatic rings. The van der Waals surface area contributed by atoms with Crippen LogP contribution < -0.4 is 11.1 Å². The smallest absolute Gasteiger partial charge is 0.254 e. The molecule has 192 valence electrons. The minimum atomic E-state index is -0.488. The number of amides is 2. The number of benzene rings is 1. The molecule has 4 heterocycles. The lowest BCUT2D eigenvalue weighted by Gasteiger charge is -2.07. The third kappa shape index (κ3) is 5.70. The Balaban J connectivity index is 0.000000283. The van der Waals surface area contributed by atoms with Crippen LogP contribution in [0.5, 0.6) is 0 Å². The lowest BCUT2D eigenvalue weighted by molar-refractivity contribution is 0.0948. The van der Waals surface area contributed by atoms with Crippen LogP contribution in [-0.2, 0) is 6.54 Å². The Morgan fingerprint density at radius 3 is 2.18 bits per heavy atom. The van der Waals surface area contributed by atoms with E-state index < -0.39 is 5.91 Å². The van der Waals surface area contributed by atoms with Crippen molar-refractivity contribution in [2.24, 2.45) is 5.73 Å². The van der Waals surface area contributed by atoms with E-state index in [0.717, 1.165) is 27.7 Å². The number of primary amides is 1. The topological polar surface area (TPSA) is 152 Å². The van der Waals surface area contributed by atoms with E-state index in [1.54, 1.807) is 26.2 Å². The van der Waals surface area contributed by atoms with Crippen molar-refractivity contribution >= 4 is 22.7 Å². The number of nitrogens with zero attached hydrogens (tertiary/aromatic N) is 5. The van der Waals surface area contributed by atoms with Gasteiger partial charge in [-0.25, -0.2) is 19.9 Å². The molecule has 0 radical (unpaired) electrons. The Bertz CT molecular complexity index is 1630. The minimum absolute atomic E-state index is 0.171. The summed E-state index contributed by atoms with van der Waals surface area (Å²) in [5.41, 5.74) is 13.8. The number of aromatic amines is 1. The predicted octanol–water partition coefficient (Wildman–Crippen LogP) is 3.76. The van der Waals surface area contributed by atoms with Crippen molar-refractivity contribution in [3.63, 3.8) is 0 Å². The summed E-state index contributed by atoms with van der Waals surface area (Å²) in [6.45, 7) is 8.14. The van der Waals surface area contributed by atoms with Gasteiger partial charge < -0.3 is 16.0 Å². The number of aromatic nitrogens is 6. The molecule has 0 aliphatic heterocycles. The van der Waals surface area contributed by atoms with E-state index in [1.807, 2.05) is 18.3 Å². The third-order valence-electron chi connectivity index (χ3n) is 6.22. The van der Waals surface area contributed by atoms with Crippen LogP contribution in [0.25, 0.3) is 22.2 Å². The zero-order valence-corrected chi connectivity index (χ0v) is 21.6. The molecule has 0 saturated heterocycles. The van der Waals surface area contributed by atoms with E-state index in [1.165, 1.54) is 30.0 Å². The van der Waals surface area contributed by atoms with Crippen molar-refractivity contribution < 1.29 is 9.59 Å². The van der Waals surface area contributed by atoms with Crippen molar-refractivity contribution in [3.05, 3.63) is 101 Å². The molecule has 5 rings (SSSR count). The van der Waals surface area contributed by atoms with E-state index in [-0.39, 0.29) is 5.91 Å². The molecular weight excluding hydrogens is 480 g/mol. The number of hydrogen-bond acceptors (Lipinski definition) is 7. The van der Waals surface area contributed by atoms with Gasteiger partial charge in [-0.05, 0) is 62.6 Å². The average Bonchev–Trinajstić information content (AvgIpc) is 3.23. The normalized spacial score (nSPS) is 10.5. The fourth-order valence-corrected chi connectivity index (χ4v) is 4.00. The Kier molecular flexibility index (Phi) is 7.81.